The molecule has 0 spiro atoms. The average Bonchev–Trinajstić information content (AvgIpc) is 3.12. The lowest BCUT2D eigenvalue weighted by molar-refractivity contribution is 1.13. The summed E-state index contributed by atoms with van der Waals surface area (Å²) in [4.78, 5) is 7.09. The van der Waals surface area contributed by atoms with Gasteiger partial charge >= 0.3 is 0 Å². The van der Waals surface area contributed by atoms with Crippen LogP contribution in [0.3, 0.4) is 0 Å². The van der Waals surface area contributed by atoms with Crippen LogP contribution < -0.4 is 4.90 Å². The first-order valence-corrected chi connectivity index (χ1v) is 15.7. The van der Waals surface area contributed by atoms with Gasteiger partial charge in [0, 0.05) is 17.1 Å². The zero-order chi connectivity index (χ0) is 30.9. The third-order valence-corrected chi connectivity index (χ3v) is 8.74. The molecule has 2 heteroatoms. The number of benzene rings is 7. The van der Waals surface area contributed by atoms with Crippen molar-refractivity contribution >= 4 is 38.7 Å². The standard InChI is InChI=1S/C44H32N2/c1-31-13-12-22-42(45-31)46(36-16-6-3-7-17-36)37-29-27-35(28-30-37)44-40-20-10-8-18-38(40)43(39-19-9-11-21-41(39)44)34-25-23-33(24-26-34)32-14-4-2-5-15-32/h2-30H,1H3. The van der Waals surface area contributed by atoms with Gasteiger partial charge in [0.15, 0.2) is 0 Å². The number of pyridine rings is 1. The van der Waals surface area contributed by atoms with Crippen LogP contribution in [-0.4, -0.2) is 4.98 Å². The zero-order valence-electron chi connectivity index (χ0n) is 25.6. The van der Waals surface area contributed by atoms with Crippen molar-refractivity contribution in [3.8, 4) is 33.4 Å². The summed E-state index contributed by atoms with van der Waals surface area (Å²) in [5, 5.41) is 5.00. The van der Waals surface area contributed by atoms with E-state index in [9.17, 15) is 0 Å². The molecule has 0 aliphatic carbocycles. The van der Waals surface area contributed by atoms with E-state index in [1.54, 1.807) is 0 Å². The Morgan fingerprint density at radius 2 is 0.761 bits per heavy atom. The van der Waals surface area contributed by atoms with Crippen molar-refractivity contribution in [1.29, 1.82) is 0 Å². The second-order valence-electron chi connectivity index (χ2n) is 11.6. The smallest absolute Gasteiger partial charge is 0.137 e. The molecule has 0 amide bonds. The lowest BCUT2D eigenvalue weighted by Gasteiger charge is -2.25. The molecule has 0 saturated carbocycles. The van der Waals surface area contributed by atoms with Crippen molar-refractivity contribution in [2.24, 2.45) is 0 Å². The average molecular weight is 589 g/mol. The predicted octanol–water partition coefficient (Wildman–Crippen LogP) is 12.2. The number of aromatic nitrogens is 1. The maximum Gasteiger partial charge on any atom is 0.137 e. The van der Waals surface area contributed by atoms with E-state index in [4.69, 9.17) is 4.98 Å². The quantitative estimate of drug-likeness (QED) is 0.180. The Labute approximate surface area is 269 Å². The maximum absolute atomic E-state index is 4.88. The van der Waals surface area contributed by atoms with Crippen LogP contribution in [0.5, 0.6) is 0 Å². The Morgan fingerprint density at radius 3 is 1.28 bits per heavy atom. The van der Waals surface area contributed by atoms with Gasteiger partial charge in [0.25, 0.3) is 0 Å². The topological polar surface area (TPSA) is 16.1 Å². The van der Waals surface area contributed by atoms with Gasteiger partial charge in [-0.2, -0.15) is 0 Å². The summed E-state index contributed by atoms with van der Waals surface area (Å²) in [5.74, 6) is 0.900. The van der Waals surface area contributed by atoms with Crippen LogP contribution in [0.2, 0.25) is 0 Å². The van der Waals surface area contributed by atoms with E-state index in [1.165, 1.54) is 54.9 Å². The summed E-state index contributed by atoms with van der Waals surface area (Å²) in [6.45, 7) is 2.04. The summed E-state index contributed by atoms with van der Waals surface area (Å²) in [6, 6.07) is 62.8. The highest BCUT2D eigenvalue weighted by Gasteiger charge is 2.18. The van der Waals surface area contributed by atoms with Crippen LogP contribution in [0.25, 0.3) is 54.9 Å². The molecule has 0 saturated heterocycles. The van der Waals surface area contributed by atoms with Crippen molar-refractivity contribution in [3.05, 3.63) is 182 Å². The summed E-state index contributed by atoms with van der Waals surface area (Å²) in [7, 11) is 0. The van der Waals surface area contributed by atoms with Gasteiger partial charge in [0.05, 0.1) is 0 Å². The molecule has 0 radical (unpaired) electrons. The van der Waals surface area contributed by atoms with E-state index in [0.717, 1.165) is 22.9 Å². The summed E-state index contributed by atoms with van der Waals surface area (Å²) < 4.78 is 0. The normalized spacial score (nSPS) is 11.2. The molecule has 0 aliphatic rings. The van der Waals surface area contributed by atoms with E-state index >= 15 is 0 Å². The van der Waals surface area contributed by atoms with Gasteiger partial charge in [-0.3, -0.25) is 4.90 Å². The van der Waals surface area contributed by atoms with E-state index in [2.05, 4.69) is 169 Å². The van der Waals surface area contributed by atoms with E-state index in [1.807, 2.05) is 19.1 Å². The molecule has 0 N–H and O–H groups in total. The molecule has 0 aliphatic heterocycles. The number of rotatable bonds is 6. The molecule has 218 valence electrons. The number of fused-ring (bicyclic) bond motifs is 2. The fraction of sp³-hybridized carbons (Fsp3) is 0.0227. The van der Waals surface area contributed by atoms with Crippen molar-refractivity contribution in [2.45, 2.75) is 6.92 Å². The highest BCUT2D eigenvalue weighted by molar-refractivity contribution is 6.21. The summed E-state index contributed by atoms with van der Waals surface area (Å²) in [6.07, 6.45) is 0. The third-order valence-electron chi connectivity index (χ3n) is 8.74. The van der Waals surface area contributed by atoms with Crippen LogP contribution in [-0.2, 0) is 0 Å². The molecule has 2 nitrogen and oxygen atoms in total. The van der Waals surface area contributed by atoms with E-state index in [0.29, 0.717) is 0 Å². The van der Waals surface area contributed by atoms with Gasteiger partial charge in [-0.05, 0) is 98.2 Å². The first-order valence-electron chi connectivity index (χ1n) is 15.7. The van der Waals surface area contributed by atoms with Gasteiger partial charge in [-0.1, -0.05) is 140 Å². The number of anilines is 3. The van der Waals surface area contributed by atoms with Crippen molar-refractivity contribution in [3.63, 3.8) is 0 Å². The molecule has 0 unspecified atom stereocenters. The monoisotopic (exact) mass is 588 g/mol. The number of aryl methyl sites for hydroxylation is 1. The fourth-order valence-electron chi connectivity index (χ4n) is 6.63. The molecule has 8 aromatic rings. The molecule has 7 aromatic carbocycles. The van der Waals surface area contributed by atoms with Crippen LogP contribution in [0.4, 0.5) is 17.2 Å². The molecule has 46 heavy (non-hydrogen) atoms. The number of hydrogen-bond acceptors (Lipinski definition) is 2. The van der Waals surface area contributed by atoms with Crippen LogP contribution in [0, 0.1) is 6.92 Å². The number of para-hydroxylation sites is 1. The zero-order valence-corrected chi connectivity index (χ0v) is 25.6. The Hall–Kier alpha value is -5.99. The first-order chi connectivity index (χ1) is 22.7. The minimum atomic E-state index is 0.900. The molecule has 0 fully saturated rings. The molecule has 0 atom stereocenters. The van der Waals surface area contributed by atoms with Crippen molar-refractivity contribution in [1.82, 2.24) is 4.98 Å². The van der Waals surface area contributed by atoms with Gasteiger partial charge in [0.1, 0.15) is 5.82 Å². The number of nitrogens with zero attached hydrogens (tertiary/aromatic N) is 2. The summed E-state index contributed by atoms with van der Waals surface area (Å²) >= 11 is 0. The Bertz CT molecular complexity index is 2230. The van der Waals surface area contributed by atoms with Gasteiger partial charge in [-0.15, -0.1) is 0 Å². The van der Waals surface area contributed by atoms with Crippen molar-refractivity contribution < 1.29 is 0 Å². The second-order valence-corrected chi connectivity index (χ2v) is 11.6. The first kappa shape index (κ1) is 27.6. The lowest BCUT2D eigenvalue weighted by Crippen LogP contribution is -2.11. The second kappa shape index (κ2) is 11.8. The highest BCUT2D eigenvalue weighted by Crippen LogP contribution is 2.44. The SMILES string of the molecule is Cc1cccc(N(c2ccccc2)c2ccc(-c3c4ccccc4c(-c4ccc(-c5ccccc5)cc4)c4ccccc34)cc2)n1. The molecular weight excluding hydrogens is 556 g/mol. The summed E-state index contributed by atoms with van der Waals surface area (Å²) in [5.41, 5.74) is 10.5. The molecule has 0 bridgehead atoms. The molecule has 1 aromatic heterocycles. The van der Waals surface area contributed by atoms with Crippen LogP contribution in [0.15, 0.2) is 176 Å². The third kappa shape index (κ3) is 5.00. The molecule has 8 rings (SSSR count). The predicted molar refractivity (Wildman–Crippen MR) is 195 cm³/mol. The molecule has 1 heterocycles. The minimum Gasteiger partial charge on any atom is -0.295 e. The highest BCUT2D eigenvalue weighted by atomic mass is 15.2. The van der Waals surface area contributed by atoms with Crippen LogP contribution in [0.1, 0.15) is 5.69 Å². The van der Waals surface area contributed by atoms with Gasteiger partial charge in [0.2, 0.25) is 0 Å². The number of hydrogen-bond donors (Lipinski definition) is 0. The van der Waals surface area contributed by atoms with Crippen LogP contribution >= 0.6 is 0 Å². The maximum atomic E-state index is 4.88. The fourth-order valence-corrected chi connectivity index (χ4v) is 6.63. The lowest BCUT2D eigenvalue weighted by atomic mass is 9.85. The van der Waals surface area contributed by atoms with Gasteiger partial charge in [-0.25, -0.2) is 4.98 Å². The van der Waals surface area contributed by atoms with E-state index < -0.39 is 0 Å². The Kier molecular flexibility index (Phi) is 7.09. The van der Waals surface area contributed by atoms with Gasteiger partial charge < -0.3 is 0 Å². The minimum absolute atomic E-state index is 0.900. The Balaban J connectivity index is 1.27. The molecular formula is C44H32N2. The largest absolute Gasteiger partial charge is 0.295 e. The van der Waals surface area contributed by atoms with Crippen molar-refractivity contribution in [2.75, 3.05) is 4.90 Å². The van der Waals surface area contributed by atoms with E-state index in [-0.39, 0.29) is 0 Å². The Morgan fingerprint density at radius 1 is 0.348 bits per heavy atom.